The number of nitriles is 1. The average Bonchev–Trinajstić information content (AvgIpc) is 2.31. The molecule has 3 nitrogen and oxygen atoms in total. The van der Waals surface area contributed by atoms with Gasteiger partial charge in [-0.2, -0.15) is 5.26 Å². The molecule has 0 spiro atoms. The summed E-state index contributed by atoms with van der Waals surface area (Å²) in [6.07, 6.45) is 0. The fraction of sp³-hybridized carbons (Fsp3) is 0.273. The molecule has 1 aromatic rings. The first-order valence-corrected chi connectivity index (χ1v) is 5.55. The van der Waals surface area contributed by atoms with Crippen LogP contribution >= 0.6 is 11.8 Å². The van der Waals surface area contributed by atoms with Gasteiger partial charge in [-0.15, -0.1) is 0 Å². The van der Waals surface area contributed by atoms with Crippen molar-refractivity contribution in [1.29, 1.82) is 5.26 Å². The van der Waals surface area contributed by atoms with E-state index in [9.17, 15) is 0 Å². The Kier molecular flexibility index (Phi) is 4.72. The van der Waals surface area contributed by atoms with Crippen molar-refractivity contribution in [3.63, 3.8) is 0 Å². The molecule has 1 aromatic carbocycles. The Morgan fingerprint density at radius 1 is 1.47 bits per heavy atom. The lowest BCUT2D eigenvalue weighted by atomic mass is 10.2. The van der Waals surface area contributed by atoms with E-state index in [2.05, 4.69) is 16.4 Å². The lowest BCUT2D eigenvalue weighted by Gasteiger charge is -2.04. The highest BCUT2D eigenvalue weighted by Crippen LogP contribution is 2.13. The highest BCUT2D eigenvalue weighted by atomic mass is 32.2. The van der Waals surface area contributed by atoms with Gasteiger partial charge in [0.15, 0.2) is 5.17 Å². The van der Waals surface area contributed by atoms with Crippen LogP contribution in [0.1, 0.15) is 11.1 Å². The monoisotopic (exact) mass is 219 g/mol. The smallest absolute Gasteiger partial charge is 0.156 e. The Hall–Kier alpha value is -1.47. The predicted molar refractivity (Wildman–Crippen MR) is 64.9 cm³/mol. The summed E-state index contributed by atoms with van der Waals surface area (Å²) in [5, 5.41) is 12.6. The van der Waals surface area contributed by atoms with Gasteiger partial charge in [-0.05, 0) is 17.7 Å². The summed E-state index contributed by atoms with van der Waals surface area (Å²) >= 11 is 1.64. The maximum Gasteiger partial charge on any atom is 0.156 e. The standard InChI is InChI=1S/C11H13N3S/c1-13-11(14-2)15-8-10-5-3-9(7-12)4-6-10/h3-6H,8H2,1-2H3,(H,13,14). The van der Waals surface area contributed by atoms with Gasteiger partial charge >= 0.3 is 0 Å². The number of nitrogens with zero attached hydrogens (tertiary/aromatic N) is 2. The molecular formula is C11H13N3S. The molecule has 15 heavy (non-hydrogen) atoms. The number of hydrogen-bond acceptors (Lipinski definition) is 3. The third-order valence-corrected chi connectivity index (χ3v) is 3.01. The summed E-state index contributed by atoms with van der Waals surface area (Å²) < 4.78 is 0. The first kappa shape index (κ1) is 11.6. The van der Waals surface area contributed by atoms with Crippen LogP contribution < -0.4 is 5.32 Å². The molecular weight excluding hydrogens is 206 g/mol. The van der Waals surface area contributed by atoms with Crippen molar-refractivity contribution in [3.8, 4) is 6.07 Å². The Labute approximate surface area is 94.2 Å². The molecule has 0 radical (unpaired) electrons. The Morgan fingerprint density at radius 2 is 2.13 bits per heavy atom. The van der Waals surface area contributed by atoms with E-state index in [1.165, 1.54) is 5.56 Å². The molecule has 0 aliphatic carbocycles. The average molecular weight is 219 g/mol. The summed E-state index contributed by atoms with van der Waals surface area (Å²) in [5.41, 5.74) is 1.89. The van der Waals surface area contributed by atoms with Gasteiger partial charge in [0, 0.05) is 19.8 Å². The lowest BCUT2D eigenvalue weighted by molar-refractivity contribution is 1.18. The molecule has 0 aliphatic rings. The van der Waals surface area contributed by atoms with E-state index in [0.717, 1.165) is 10.9 Å². The van der Waals surface area contributed by atoms with Crippen LogP contribution in [-0.4, -0.2) is 19.3 Å². The van der Waals surface area contributed by atoms with Crippen LogP contribution in [0.25, 0.3) is 0 Å². The predicted octanol–water partition coefficient (Wildman–Crippen LogP) is 2.00. The van der Waals surface area contributed by atoms with Gasteiger partial charge in [-0.25, -0.2) is 0 Å². The summed E-state index contributed by atoms with van der Waals surface area (Å²) in [4.78, 5) is 4.07. The zero-order valence-corrected chi connectivity index (χ0v) is 9.64. The second kappa shape index (κ2) is 6.10. The van der Waals surface area contributed by atoms with Crippen LogP contribution in [0.3, 0.4) is 0 Å². The molecule has 0 saturated carbocycles. The highest BCUT2D eigenvalue weighted by molar-refractivity contribution is 8.13. The molecule has 0 atom stereocenters. The summed E-state index contributed by atoms with van der Waals surface area (Å²) in [6.45, 7) is 0. The van der Waals surface area contributed by atoms with Crippen LogP contribution in [0.5, 0.6) is 0 Å². The fourth-order valence-electron chi connectivity index (χ4n) is 1.08. The second-order valence-corrected chi connectivity index (χ2v) is 3.84. The maximum atomic E-state index is 8.64. The quantitative estimate of drug-likeness (QED) is 0.611. The molecule has 1 N–H and O–H groups in total. The third kappa shape index (κ3) is 3.64. The van der Waals surface area contributed by atoms with E-state index in [4.69, 9.17) is 5.26 Å². The van der Waals surface area contributed by atoms with Gasteiger partial charge in [-0.1, -0.05) is 23.9 Å². The minimum Gasteiger partial charge on any atom is -0.368 e. The molecule has 0 unspecified atom stereocenters. The number of rotatable bonds is 2. The Bertz CT molecular complexity index is 376. The van der Waals surface area contributed by atoms with Crippen molar-refractivity contribution in [2.75, 3.05) is 14.1 Å². The lowest BCUT2D eigenvalue weighted by Crippen LogP contribution is -2.13. The molecule has 0 heterocycles. The van der Waals surface area contributed by atoms with Crippen molar-refractivity contribution in [1.82, 2.24) is 5.32 Å². The van der Waals surface area contributed by atoms with Crippen LogP contribution in [0.15, 0.2) is 29.3 Å². The molecule has 78 valence electrons. The first-order chi connectivity index (χ1) is 7.30. The van der Waals surface area contributed by atoms with E-state index >= 15 is 0 Å². The largest absolute Gasteiger partial charge is 0.368 e. The molecule has 0 bridgehead atoms. The van der Waals surface area contributed by atoms with Gasteiger partial charge in [0.05, 0.1) is 11.6 Å². The zero-order chi connectivity index (χ0) is 11.1. The summed E-state index contributed by atoms with van der Waals surface area (Å²) in [6, 6.07) is 9.69. The van der Waals surface area contributed by atoms with Crippen molar-refractivity contribution in [3.05, 3.63) is 35.4 Å². The Balaban J connectivity index is 2.55. The summed E-state index contributed by atoms with van der Waals surface area (Å²) in [5.74, 6) is 0.860. The first-order valence-electron chi connectivity index (χ1n) is 4.56. The maximum absolute atomic E-state index is 8.64. The molecule has 0 aromatic heterocycles. The van der Waals surface area contributed by atoms with Crippen molar-refractivity contribution in [2.24, 2.45) is 4.99 Å². The number of thioether (sulfide) groups is 1. The van der Waals surface area contributed by atoms with E-state index in [1.807, 2.05) is 31.3 Å². The Morgan fingerprint density at radius 3 is 2.60 bits per heavy atom. The molecule has 0 aliphatic heterocycles. The molecule has 0 amide bonds. The van der Waals surface area contributed by atoms with Gasteiger partial charge in [0.25, 0.3) is 0 Å². The third-order valence-electron chi connectivity index (χ3n) is 1.88. The van der Waals surface area contributed by atoms with Crippen LogP contribution in [-0.2, 0) is 5.75 Å². The van der Waals surface area contributed by atoms with E-state index in [1.54, 1.807) is 18.8 Å². The fourth-order valence-corrected chi connectivity index (χ4v) is 1.84. The molecule has 4 heteroatoms. The van der Waals surface area contributed by atoms with Crippen molar-refractivity contribution in [2.45, 2.75) is 5.75 Å². The summed E-state index contributed by atoms with van der Waals surface area (Å²) in [7, 11) is 3.62. The van der Waals surface area contributed by atoms with Crippen molar-refractivity contribution >= 4 is 16.9 Å². The number of aliphatic imine (C=N–C) groups is 1. The number of nitrogens with one attached hydrogen (secondary N) is 1. The van der Waals surface area contributed by atoms with Crippen molar-refractivity contribution < 1.29 is 0 Å². The number of hydrogen-bond donors (Lipinski definition) is 1. The van der Waals surface area contributed by atoms with Gasteiger partial charge < -0.3 is 5.32 Å². The van der Waals surface area contributed by atoms with Crippen LogP contribution in [0.4, 0.5) is 0 Å². The van der Waals surface area contributed by atoms with E-state index in [-0.39, 0.29) is 0 Å². The number of amidine groups is 1. The van der Waals surface area contributed by atoms with E-state index in [0.29, 0.717) is 5.56 Å². The molecule has 0 fully saturated rings. The normalized spacial score (nSPS) is 10.9. The van der Waals surface area contributed by atoms with E-state index < -0.39 is 0 Å². The van der Waals surface area contributed by atoms with Gasteiger partial charge in [-0.3, -0.25) is 4.99 Å². The van der Waals surface area contributed by atoms with Crippen LogP contribution in [0.2, 0.25) is 0 Å². The SMILES string of the molecule is CN=C(NC)SCc1ccc(C#N)cc1. The molecule has 1 rings (SSSR count). The highest BCUT2D eigenvalue weighted by Gasteiger charge is 1.98. The van der Waals surface area contributed by atoms with Gasteiger partial charge in [0.1, 0.15) is 0 Å². The van der Waals surface area contributed by atoms with Gasteiger partial charge in [0.2, 0.25) is 0 Å². The minimum absolute atomic E-state index is 0.696. The van der Waals surface area contributed by atoms with Crippen LogP contribution in [0, 0.1) is 11.3 Å². The minimum atomic E-state index is 0.696. The molecule has 0 saturated heterocycles. The topological polar surface area (TPSA) is 48.2 Å². The number of benzene rings is 1. The second-order valence-electron chi connectivity index (χ2n) is 2.88. The zero-order valence-electron chi connectivity index (χ0n) is 8.82.